The normalized spacial score (nSPS) is 10.0. The van der Waals surface area contributed by atoms with Gasteiger partial charge in [0, 0.05) is 0 Å². The summed E-state index contributed by atoms with van der Waals surface area (Å²) < 4.78 is 17.7. The van der Waals surface area contributed by atoms with E-state index in [4.69, 9.17) is 0 Å². The average Bonchev–Trinajstić information content (AvgIpc) is 2.92. The first kappa shape index (κ1) is 12.6. The van der Waals surface area contributed by atoms with Crippen LogP contribution in [-0.2, 0) is 4.74 Å². The van der Waals surface area contributed by atoms with Crippen molar-refractivity contribution in [3.63, 3.8) is 0 Å². The fourth-order valence-corrected chi connectivity index (χ4v) is 1.34. The largest absolute Gasteiger partial charge is 0.465 e. The van der Waals surface area contributed by atoms with Crippen LogP contribution in [0, 0.1) is 5.82 Å². The predicted octanol–water partition coefficient (Wildman–Crippen LogP) is 0.378. The van der Waals surface area contributed by atoms with Gasteiger partial charge in [-0.3, -0.25) is 4.79 Å². The van der Waals surface area contributed by atoms with E-state index >= 15 is 0 Å². The number of nitrogens with one attached hydrogen (secondary N) is 2. The fourth-order valence-electron chi connectivity index (χ4n) is 1.34. The molecule has 0 aliphatic rings. The summed E-state index contributed by atoms with van der Waals surface area (Å²) in [4.78, 5) is 23.1. The van der Waals surface area contributed by atoms with Crippen molar-refractivity contribution in [3.05, 3.63) is 35.4 Å². The van der Waals surface area contributed by atoms with Crippen molar-refractivity contribution < 1.29 is 18.7 Å². The van der Waals surface area contributed by atoms with Gasteiger partial charge in [0.2, 0.25) is 0 Å². The summed E-state index contributed by atoms with van der Waals surface area (Å²) in [7, 11) is 1.18. The number of aromatic nitrogens is 4. The van der Waals surface area contributed by atoms with Gasteiger partial charge < -0.3 is 10.1 Å². The van der Waals surface area contributed by atoms with Crippen LogP contribution in [0.4, 0.5) is 10.1 Å². The fraction of sp³-hybridized carbons (Fsp3) is 0.100. The van der Waals surface area contributed by atoms with Crippen LogP contribution in [-0.4, -0.2) is 39.6 Å². The Morgan fingerprint density at radius 1 is 1.42 bits per heavy atom. The van der Waals surface area contributed by atoms with E-state index in [2.05, 4.69) is 30.7 Å². The molecule has 98 valence electrons. The van der Waals surface area contributed by atoms with Crippen molar-refractivity contribution in [2.45, 2.75) is 0 Å². The number of ether oxygens (including phenoxy) is 1. The van der Waals surface area contributed by atoms with E-state index in [9.17, 15) is 14.0 Å². The Balaban J connectivity index is 2.31. The van der Waals surface area contributed by atoms with Crippen LogP contribution < -0.4 is 5.32 Å². The van der Waals surface area contributed by atoms with E-state index in [0.29, 0.717) is 0 Å². The molecule has 0 spiro atoms. The Kier molecular flexibility index (Phi) is 3.46. The van der Waals surface area contributed by atoms with Gasteiger partial charge in [-0.25, -0.2) is 9.18 Å². The molecule has 19 heavy (non-hydrogen) atoms. The van der Waals surface area contributed by atoms with E-state index < -0.39 is 17.7 Å². The minimum absolute atomic E-state index is 0.0146. The average molecular weight is 265 g/mol. The molecule has 2 rings (SSSR count). The molecule has 0 radical (unpaired) electrons. The molecule has 1 aromatic heterocycles. The molecule has 0 aliphatic carbocycles. The lowest BCUT2D eigenvalue weighted by Crippen LogP contribution is -2.17. The third-order valence-electron chi connectivity index (χ3n) is 2.18. The summed E-state index contributed by atoms with van der Waals surface area (Å²) in [5.41, 5.74) is -0.0256. The van der Waals surface area contributed by atoms with Crippen LogP contribution in [0.15, 0.2) is 18.2 Å². The zero-order valence-electron chi connectivity index (χ0n) is 9.68. The van der Waals surface area contributed by atoms with Crippen LogP contribution in [0.1, 0.15) is 21.0 Å². The van der Waals surface area contributed by atoms with E-state index in [0.717, 1.165) is 12.1 Å². The van der Waals surface area contributed by atoms with Crippen LogP contribution in [0.5, 0.6) is 0 Å². The maximum atomic E-state index is 13.2. The van der Waals surface area contributed by atoms with Crippen molar-refractivity contribution in [2.75, 3.05) is 12.4 Å². The predicted molar refractivity (Wildman–Crippen MR) is 59.9 cm³/mol. The molecular formula is C10H8FN5O3. The highest BCUT2D eigenvalue weighted by atomic mass is 19.1. The number of anilines is 1. The summed E-state index contributed by atoms with van der Waals surface area (Å²) in [5, 5.41) is 14.5. The topological polar surface area (TPSA) is 110 Å². The minimum Gasteiger partial charge on any atom is -0.465 e. The third-order valence-corrected chi connectivity index (χ3v) is 2.18. The molecule has 1 aromatic carbocycles. The Labute approximate surface area is 106 Å². The maximum absolute atomic E-state index is 13.2. The number of amides is 1. The van der Waals surface area contributed by atoms with Gasteiger partial charge in [-0.15, -0.1) is 10.2 Å². The molecule has 1 amide bonds. The summed E-state index contributed by atoms with van der Waals surface area (Å²) in [5.74, 6) is -2.29. The maximum Gasteiger partial charge on any atom is 0.339 e. The van der Waals surface area contributed by atoms with Crippen LogP contribution >= 0.6 is 0 Å². The summed E-state index contributed by atoms with van der Waals surface area (Å²) in [6.45, 7) is 0. The number of hydrogen-bond donors (Lipinski definition) is 2. The number of tetrazole rings is 1. The Hall–Kier alpha value is -2.84. The number of H-pyrrole nitrogens is 1. The molecule has 0 fully saturated rings. The molecule has 2 N–H and O–H groups in total. The lowest BCUT2D eigenvalue weighted by molar-refractivity contribution is 0.0602. The van der Waals surface area contributed by atoms with Gasteiger partial charge >= 0.3 is 5.97 Å². The van der Waals surface area contributed by atoms with Crippen LogP contribution in [0.25, 0.3) is 0 Å². The van der Waals surface area contributed by atoms with Gasteiger partial charge in [0.1, 0.15) is 5.82 Å². The van der Waals surface area contributed by atoms with Crippen molar-refractivity contribution in [2.24, 2.45) is 0 Å². The Morgan fingerprint density at radius 3 is 2.84 bits per heavy atom. The number of rotatable bonds is 3. The number of methoxy groups -OCH3 is 1. The van der Waals surface area contributed by atoms with E-state index in [1.165, 1.54) is 13.2 Å². The number of nitrogens with zero attached hydrogens (tertiary/aromatic N) is 3. The number of esters is 1. The minimum atomic E-state index is -0.732. The molecule has 1 heterocycles. The molecule has 0 saturated heterocycles. The second kappa shape index (κ2) is 5.21. The number of halogens is 1. The third kappa shape index (κ3) is 2.70. The quantitative estimate of drug-likeness (QED) is 0.776. The molecule has 0 aliphatic heterocycles. The Morgan fingerprint density at radius 2 is 2.21 bits per heavy atom. The van der Waals surface area contributed by atoms with E-state index in [-0.39, 0.29) is 17.1 Å². The Bertz CT molecular complexity index is 614. The molecule has 0 saturated carbocycles. The summed E-state index contributed by atoms with van der Waals surface area (Å²) in [6.07, 6.45) is 0. The van der Waals surface area contributed by atoms with Gasteiger partial charge in [0.05, 0.1) is 18.4 Å². The van der Waals surface area contributed by atoms with Crippen molar-refractivity contribution in [1.29, 1.82) is 0 Å². The SMILES string of the molecule is COC(=O)c1ccc(F)cc1NC(=O)c1nn[nH]n1. The van der Waals surface area contributed by atoms with E-state index in [1.807, 2.05) is 0 Å². The lowest BCUT2D eigenvalue weighted by atomic mass is 10.1. The van der Waals surface area contributed by atoms with Crippen molar-refractivity contribution in [3.8, 4) is 0 Å². The van der Waals surface area contributed by atoms with E-state index in [1.54, 1.807) is 0 Å². The molecule has 0 bridgehead atoms. The smallest absolute Gasteiger partial charge is 0.339 e. The summed E-state index contributed by atoms with van der Waals surface area (Å²) >= 11 is 0. The molecule has 2 aromatic rings. The van der Waals surface area contributed by atoms with Gasteiger partial charge in [0.25, 0.3) is 11.7 Å². The number of aromatic amines is 1. The monoisotopic (exact) mass is 265 g/mol. The first-order chi connectivity index (χ1) is 9.11. The molecule has 0 unspecified atom stereocenters. The highest BCUT2D eigenvalue weighted by molar-refractivity contribution is 6.06. The second-order valence-corrected chi connectivity index (χ2v) is 3.37. The standard InChI is InChI=1S/C10H8FN5O3/c1-19-10(18)6-3-2-5(11)4-7(6)12-9(17)8-13-15-16-14-8/h2-4H,1H3,(H,12,17)(H,13,14,15,16). The zero-order valence-corrected chi connectivity index (χ0v) is 9.68. The molecule has 8 nitrogen and oxygen atoms in total. The first-order valence-electron chi connectivity index (χ1n) is 5.04. The van der Waals surface area contributed by atoms with Crippen molar-refractivity contribution >= 4 is 17.6 Å². The van der Waals surface area contributed by atoms with Gasteiger partial charge in [-0.05, 0) is 23.4 Å². The van der Waals surface area contributed by atoms with Crippen LogP contribution in [0.3, 0.4) is 0 Å². The number of benzene rings is 1. The first-order valence-corrected chi connectivity index (χ1v) is 5.04. The van der Waals surface area contributed by atoms with Crippen molar-refractivity contribution in [1.82, 2.24) is 20.6 Å². The van der Waals surface area contributed by atoms with Gasteiger partial charge in [-0.2, -0.15) is 5.21 Å². The van der Waals surface area contributed by atoms with Gasteiger partial charge in [-0.1, -0.05) is 0 Å². The zero-order chi connectivity index (χ0) is 13.8. The number of hydrogen-bond acceptors (Lipinski definition) is 6. The van der Waals surface area contributed by atoms with Crippen LogP contribution in [0.2, 0.25) is 0 Å². The molecular weight excluding hydrogens is 257 g/mol. The number of carbonyl (C=O) groups is 2. The number of carbonyl (C=O) groups excluding carboxylic acids is 2. The lowest BCUT2D eigenvalue weighted by Gasteiger charge is -2.08. The highest BCUT2D eigenvalue weighted by Gasteiger charge is 2.17. The summed E-state index contributed by atoms with van der Waals surface area (Å²) in [6, 6.07) is 3.27. The highest BCUT2D eigenvalue weighted by Crippen LogP contribution is 2.18. The molecule has 0 atom stereocenters. The van der Waals surface area contributed by atoms with Gasteiger partial charge in [0.15, 0.2) is 0 Å². The molecule has 9 heteroatoms. The second-order valence-electron chi connectivity index (χ2n) is 3.37.